The first-order valence-corrected chi connectivity index (χ1v) is 5.46. The molecule has 0 aromatic rings. The maximum absolute atomic E-state index is 11.6. The van der Waals surface area contributed by atoms with Crippen LogP contribution >= 0.6 is 0 Å². The molecule has 0 aliphatic carbocycles. The molecule has 2 amide bonds. The van der Waals surface area contributed by atoms with E-state index >= 15 is 0 Å². The van der Waals surface area contributed by atoms with Gasteiger partial charge in [0.1, 0.15) is 0 Å². The van der Waals surface area contributed by atoms with Crippen molar-refractivity contribution in [3.8, 4) is 0 Å². The summed E-state index contributed by atoms with van der Waals surface area (Å²) in [5, 5.41) is 3.33. The summed E-state index contributed by atoms with van der Waals surface area (Å²) >= 11 is 0. The van der Waals surface area contributed by atoms with Crippen molar-refractivity contribution in [1.29, 1.82) is 0 Å². The van der Waals surface area contributed by atoms with Gasteiger partial charge in [-0.05, 0) is 19.4 Å². The number of carbonyl (C=O) groups is 2. The topological polar surface area (TPSA) is 52.6 Å². The molecule has 0 aromatic carbocycles. The van der Waals surface area contributed by atoms with Gasteiger partial charge in [-0.2, -0.15) is 0 Å². The van der Waals surface area contributed by atoms with Crippen LogP contribution in [-0.2, 0) is 9.59 Å². The Labute approximate surface area is 89.4 Å². The average Bonchev–Trinajstić information content (AvgIpc) is 2.72. The van der Waals surface area contributed by atoms with Crippen molar-refractivity contribution in [3.05, 3.63) is 0 Å². The van der Waals surface area contributed by atoms with Crippen LogP contribution in [0.15, 0.2) is 0 Å². The zero-order chi connectivity index (χ0) is 10.8. The molecule has 2 rings (SSSR count). The Bertz CT molecular complexity index is 274. The van der Waals surface area contributed by atoms with E-state index in [4.69, 9.17) is 0 Å². The lowest BCUT2D eigenvalue weighted by atomic mass is 10.2. The van der Waals surface area contributed by atoms with E-state index in [2.05, 4.69) is 5.32 Å². The van der Waals surface area contributed by atoms with Crippen LogP contribution < -0.4 is 5.32 Å². The number of carbonyl (C=O) groups excluding carboxylic acids is 2. The first-order chi connectivity index (χ1) is 7.18. The molecule has 1 unspecified atom stereocenters. The lowest BCUT2D eigenvalue weighted by Gasteiger charge is -2.33. The van der Waals surface area contributed by atoms with Crippen molar-refractivity contribution in [2.45, 2.75) is 18.9 Å². The highest BCUT2D eigenvalue weighted by Crippen LogP contribution is 2.10. The predicted octanol–water partition coefficient (Wildman–Crippen LogP) is -0.961. The van der Waals surface area contributed by atoms with Crippen LogP contribution in [0.4, 0.5) is 0 Å². The molecule has 0 aromatic heterocycles. The summed E-state index contributed by atoms with van der Waals surface area (Å²) in [7, 11) is 1.67. The molecule has 1 N–H and O–H groups in total. The van der Waals surface area contributed by atoms with Crippen LogP contribution in [0.25, 0.3) is 0 Å². The fraction of sp³-hybridized carbons (Fsp3) is 0.800. The summed E-state index contributed by atoms with van der Waals surface area (Å²) in [5.41, 5.74) is 0. The summed E-state index contributed by atoms with van der Waals surface area (Å²) in [6.07, 6.45) is 2.27. The van der Waals surface area contributed by atoms with Gasteiger partial charge in [-0.25, -0.2) is 0 Å². The highest BCUT2D eigenvalue weighted by molar-refractivity contribution is 6.35. The Kier molecular flexibility index (Phi) is 2.90. The van der Waals surface area contributed by atoms with E-state index in [9.17, 15) is 9.59 Å². The number of piperazine rings is 1. The van der Waals surface area contributed by atoms with Gasteiger partial charge in [0.05, 0.1) is 0 Å². The number of amides is 2. The van der Waals surface area contributed by atoms with Crippen molar-refractivity contribution in [1.82, 2.24) is 15.1 Å². The van der Waals surface area contributed by atoms with Crippen molar-refractivity contribution in [3.63, 3.8) is 0 Å². The van der Waals surface area contributed by atoms with Crippen molar-refractivity contribution in [2.75, 3.05) is 33.2 Å². The number of hydrogen-bond acceptors (Lipinski definition) is 3. The van der Waals surface area contributed by atoms with Crippen LogP contribution in [0.2, 0.25) is 0 Å². The zero-order valence-electron chi connectivity index (χ0n) is 9.03. The molecule has 1 atom stereocenters. The second kappa shape index (κ2) is 4.18. The molecule has 2 heterocycles. The second-order valence-electron chi connectivity index (χ2n) is 4.27. The highest BCUT2D eigenvalue weighted by Gasteiger charge is 2.31. The quantitative estimate of drug-likeness (QED) is 0.598. The maximum Gasteiger partial charge on any atom is 0.312 e. The minimum Gasteiger partial charge on any atom is -0.336 e. The number of nitrogens with one attached hydrogen (secondary N) is 1. The number of nitrogens with zero attached hydrogens (tertiary/aromatic N) is 2. The Hall–Kier alpha value is -1.10. The van der Waals surface area contributed by atoms with Gasteiger partial charge < -0.3 is 15.1 Å². The monoisotopic (exact) mass is 211 g/mol. The van der Waals surface area contributed by atoms with Crippen molar-refractivity contribution >= 4 is 11.8 Å². The molecule has 2 aliphatic heterocycles. The summed E-state index contributed by atoms with van der Waals surface area (Å²) in [5.74, 6) is -0.725. The van der Waals surface area contributed by atoms with Crippen LogP contribution in [0.5, 0.6) is 0 Å². The third kappa shape index (κ3) is 2.12. The first-order valence-electron chi connectivity index (χ1n) is 5.46. The maximum atomic E-state index is 11.6. The van der Waals surface area contributed by atoms with Gasteiger partial charge in [0.2, 0.25) is 0 Å². The standard InChI is InChI=1S/C10H17N3O2/c1-12-5-6-13(10(15)9(12)14)7-8-3-2-4-11-8/h8,11H,2-7H2,1H3. The largest absolute Gasteiger partial charge is 0.336 e. The second-order valence-corrected chi connectivity index (χ2v) is 4.27. The molecule has 0 bridgehead atoms. The average molecular weight is 211 g/mol. The SMILES string of the molecule is CN1CCN(CC2CCCN2)C(=O)C1=O. The third-order valence-corrected chi connectivity index (χ3v) is 3.13. The van der Waals surface area contributed by atoms with Gasteiger partial charge in [-0.1, -0.05) is 0 Å². The fourth-order valence-electron chi connectivity index (χ4n) is 2.13. The molecular formula is C10H17N3O2. The molecule has 5 nitrogen and oxygen atoms in total. The first kappa shape index (κ1) is 10.4. The van der Waals surface area contributed by atoms with E-state index in [0.717, 1.165) is 13.0 Å². The van der Waals surface area contributed by atoms with Gasteiger partial charge in [-0.15, -0.1) is 0 Å². The minimum atomic E-state index is -0.376. The van der Waals surface area contributed by atoms with E-state index in [1.165, 1.54) is 11.3 Å². The third-order valence-electron chi connectivity index (χ3n) is 3.13. The Morgan fingerprint density at radius 3 is 2.80 bits per heavy atom. The fourth-order valence-corrected chi connectivity index (χ4v) is 2.13. The number of likely N-dealkylation sites (N-methyl/N-ethyl adjacent to an activating group) is 1. The normalized spacial score (nSPS) is 27.7. The van der Waals surface area contributed by atoms with Crippen LogP contribution in [0.1, 0.15) is 12.8 Å². The highest BCUT2D eigenvalue weighted by atomic mass is 16.2. The molecule has 2 aliphatic rings. The summed E-state index contributed by atoms with van der Waals surface area (Å²) in [6, 6.07) is 0.380. The smallest absolute Gasteiger partial charge is 0.312 e. The summed E-state index contributed by atoms with van der Waals surface area (Å²) in [6.45, 7) is 3.02. The molecule has 0 radical (unpaired) electrons. The van der Waals surface area contributed by atoms with Crippen molar-refractivity contribution < 1.29 is 9.59 Å². The molecule has 2 fully saturated rings. The van der Waals surface area contributed by atoms with E-state index in [-0.39, 0.29) is 11.8 Å². The van der Waals surface area contributed by atoms with Crippen LogP contribution in [0, 0.1) is 0 Å². The molecule has 2 saturated heterocycles. The Morgan fingerprint density at radius 1 is 1.33 bits per heavy atom. The van der Waals surface area contributed by atoms with E-state index in [1.807, 2.05) is 0 Å². The number of hydrogen-bond donors (Lipinski definition) is 1. The molecule has 0 saturated carbocycles. The Morgan fingerprint density at radius 2 is 2.13 bits per heavy atom. The van der Waals surface area contributed by atoms with Gasteiger partial charge >= 0.3 is 11.8 Å². The molecule has 5 heteroatoms. The van der Waals surface area contributed by atoms with Crippen molar-refractivity contribution in [2.24, 2.45) is 0 Å². The predicted molar refractivity (Wildman–Crippen MR) is 55.2 cm³/mol. The number of rotatable bonds is 2. The van der Waals surface area contributed by atoms with E-state index in [1.54, 1.807) is 11.9 Å². The lowest BCUT2D eigenvalue weighted by Crippen LogP contribution is -2.55. The van der Waals surface area contributed by atoms with Gasteiger partial charge in [0.15, 0.2) is 0 Å². The van der Waals surface area contributed by atoms with Gasteiger partial charge in [-0.3, -0.25) is 9.59 Å². The molecular weight excluding hydrogens is 194 g/mol. The zero-order valence-corrected chi connectivity index (χ0v) is 9.03. The minimum absolute atomic E-state index is 0.350. The summed E-state index contributed by atoms with van der Waals surface area (Å²) in [4.78, 5) is 26.2. The molecule has 84 valence electrons. The van der Waals surface area contributed by atoms with Crippen LogP contribution in [-0.4, -0.2) is 60.9 Å². The Balaban J connectivity index is 1.92. The van der Waals surface area contributed by atoms with Gasteiger partial charge in [0.25, 0.3) is 0 Å². The molecule has 0 spiro atoms. The summed E-state index contributed by atoms with van der Waals surface area (Å²) < 4.78 is 0. The molecule has 15 heavy (non-hydrogen) atoms. The van der Waals surface area contributed by atoms with E-state index in [0.29, 0.717) is 25.7 Å². The lowest BCUT2D eigenvalue weighted by molar-refractivity contribution is -0.155. The van der Waals surface area contributed by atoms with Gasteiger partial charge in [0, 0.05) is 32.7 Å². The van der Waals surface area contributed by atoms with Crippen LogP contribution in [0.3, 0.4) is 0 Å². The van der Waals surface area contributed by atoms with E-state index < -0.39 is 0 Å².